The van der Waals surface area contributed by atoms with E-state index in [1.807, 2.05) is 12.1 Å². The number of esters is 1. The first-order chi connectivity index (χ1) is 15.2. The highest BCUT2D eigenvalue weighted by molar-refractivity contribution is 7.13. The van der Waals surface area contributed by atoms with E-state index in [1.165, 1.54) is 24.5 Å². The molecule has 0 aliphatic heterocycles. The highest BCUT2D eigenvalue weighted by Crippen LogP contribution is 2.43. The van der Waals surface area contributed by atoms with Gasteiger partial charge in [0.2, 0.25) is 0 Å². The molecule has 1 aliphatic carbocycles. The third-order valence-electron chi connectivity index (χ3n) is 5.97. The van der Waals surface area contributed by atoms with E-state index < -0.39 is 11.7 Å². The summed E-state index contributed by atoms with van der Waals surface area (Å²) < 4.78 is 43.5. The van der Waals surface area contributed by atoms with Gasteiger partial charge in [-0.3, -0.25) is 0 Å². The zero-order valence-corrected chi connectivity index (χ0v) is 19.6. The van der Waals surface area contributed by atoms with Gasteiger partial charge >= 0.3 is 12.1 Å². The van der Waals surface area contributed by atoms with E-state index in [2.05, 4.69) is 12.7 Å². The normalized spacial score (nSPS) is 22.9. The maximum Gasteiger partial charge on any atom is 0.416 e. The first kappa shape index (κ1) is 24.6. The van der Waals surface area contributed by atoms with Crippen LogP contribution in [0.3, 0.4) is 0 Å². The second kappa shape index (κ2) is 10.7. The zero-order chi connectivity index (χ0) is 23.3. The third kappa shape index (κ3) is 6.28. The Hall–Kier alpha value is -2.01. The smallest absolute Gasteiger partial charge is 0.416 e. The van der Waals surface area contributed by atoms with Crippen molar-refractivity contribution in [3.63, 3.8) is 0 Å². The number of allylic oxidation sites excluding steroid dienone is 1. The fraction of sp³-hybridized carbons (Fsp3) is 0.440. The summed E-state index contributed by atoms with van der Waals surface area (Å²) in [6, 6.07) is 8.99. The Balaban J connectivity index is 1.63. The zero-order valence-electron chi connectivity index (χ0n) is 18.0. The van der Waals surface area contributed by atoms with Gasteiger partial charge in [0.05, 0.1) is 12.7 Å². The number of hydrogen-bond acceptors (Lipinski definition) is 3. The SMILES string of the molecule is COC(=O)c1ccc(CCC[C@@H]2[C@@H](C=C=Cc3cccc(C(F)(F)F)c3)[C@H](C)C[C@H]2Cl)s1. The second-order valence-electron chi connectivity index (χ2n) is 8.22. The predicted molar refractivity (Wildman–Crippen MR) is 123 cm³/mol. The Bertz CT molecular complexity index is 991. The first-order valence-electron chi connectivity index (χ1n) is 10.6. The van der Waals surface area contributed by atoms with E-state index in [4.69, 9.17) is 16.3 Å². The van der Waals surface area contributed by atoms with Crippen LogP contribution in [0.15, 0.2) is 48.2 Å². The van der Waals surface area contributed by atoms with E-state index in [1.54, 1.807) is 18.2 Å². The lowest BCUT2D eigenvalue weighted by Crippen LogP contribution is -2.15. The number of alkyl halides is 4. The molecule has 1 aliphatic rings. The van der Waals surface area contributed by atoms with Gasteiger partial charge < -0.3 is 4.74 Å². The number of carbonyl (C=O) groups is 1. The molecule has 0 radical (unpaired) electrons. The maximum atomic E-state index is 12.9. The summed E-state index contributed by atoms with van der Waals surface area (Å²) in [6.07, 6.45) is 2.88. The molecule has 3 rings (SSSR count). The van der Waals surface area contributed by atoms with Gasteiger partial charge in [-0.25, -0.2) is 4.79 Å². The fourth-order valence-electron chi connectivity index (χ4n) is 4.31. The van der Waals surface area contributed by atoms with Gasteiger partial charge in [-0.15, -0.1) is 28.7 Å². The van der Waals surface area contributed by atoms with Crippen LogP contribution in [0.2, 0.25) is 0 Å². The Morgan fingerprint density at radius 3 is 2.81 bits per heavy atom. The largest absolute Gasteiger partial charge is 0.465 e. The number of halogens is 4. The lowest BCUT2D eigenvalue weighted by molar-refractivity contribution is -0.137. The van der Waals surface area contributed by atoms with Crippen molar-refractivity contribution in [1.29, 1.82) is 0 Å². The Labute approximate surface area is 195 Å². The Morgan fingerprint density at radius 1 is 1.31 bits per heavy atom. The monoisotopic (exact) mass is 482 g/mol. The van der Waals surface area contributed by atoms with Gasteiger partial charge in [0.15, 0.2) is 0 Å². The molecule has 7 heteroatoms. The molecule has 172 valence electrons. The molecule has 4 atom stereocenters. The number of rotatable bonds is 7. The molecule has 0 spiro atoms. The van der Waals surface area contributed by atoms with Gasteiger partial charge in [0.1, 0.15) is 4.88 Å². The Kier molecular flexibility index (Phi) is 8.26. The minimum Gasteiger partial charge on any atom is -0.465 e. The van der Waals surface area contributed by atoms with Crippen LogP contribution >= 0.6 is 22.9 Å². The standard InChI is InChI=1S/C25H26ClF3O2S/c1-16-14-22(26)21(11-5-9-19-12-13-23(32-19)24(30)31-2)20(16)10-4-7-17-6-3-8-18(15-17)25(27,28)29/h3,6-8,10,12-13,15-16,20-22H,5,9,11,14H2,1-2H3/t4?,16-,20+,21-,22-/m1/s1. The lowest BCUT2D eigenvalue weighted by Gasteiger charge is -2.20. The molecular formula is C25H26ClF3O2S. The van der Waals surface area contributed by atoms with Crippen LogP contribution < -0.4 is 0 Å². The van der Waals surface area contributed by atoms with Crippen molar-refractivity contribution >= 4 is 35.0 Å². The molecule has 0 bridgehead atoms. The number of methoxy groups -OCH3 is 1. The molecule has 0 N–H and O–H groups in total. The van der Waals surface area contributed by atoms with Crippen molar-refractivity contribution in [2.75, 3.05) is 7.11 Å². The average molecular weight is 483 g/mol. The number of aryl methyl sites for hydroxylation is 1. The number of hydrogen-bond donors (Lipinski definition) is 0. The van der Waals surface area contributed by atoms with Gasteiger partial charge in [-0.1, -0.05) is 19.1 Å². The lowest BCUT2D eigenvalue weighted by atomic mass is 9.86. The molecule has 1 saturated carbocycles. The minimum absolute atomic E-state index is 0.0653. The van der Waals surface area contributed by atoms with Crippen molar-refractivity contribution in [1.82, 2.24) is 0 Å². The van der Waals surface area contributed by atoms with Crippen molar-refractivity contribution < 1.29 is 22.7 Å². The van der Waals surface area contributed by atoms with Crippen LogP contribution in [0.5, 0.6) is 0 Å². The van der Waals surface area contributed by atoms with Crippen LogP contribution in [-0.4, -0.2) is 18.5 Å². The first-order valence-corrected chi connectivity index (χ1v) is 11.8. The van der Waals surface area contributed by atoms with Crippen molar-refractivity contribution in [3.05, 3.63) is 69.1 Å². The highest BCUT2D eigenvalue weighted by atomic mass is 35.5. The van der Waals surface area contributed by atoms with Crippen molar-refractivity contribution in [3.8, 4) is 0 Å². The van der Waals surface area contributed by atoms with Gasteiger partial charge in [0.25, 0.3) is 0 Å². The maximum absolute atomic E-state index is 12.9. The molecule has 1 aromatic heterocycles. The summed E-state index contributed by atoms with van der Waals surface area (Å²) in [5.74, 6) is 0.588. The van der Waals surface area contributed by atoms with Crippen LogP contribution in [0.1, 0.15) is 51.9 Å². The second-order valence-corrected chi connectivity index (χ2v) is 9.95. The van der Waals surface area contributed by atoms with Crippen LogP contribution in [-0.2, 0) is 17.3 Å². The fourth-order valence-corrected chi connectivity index (χ4v) is 5.85. The van der Waals surface area contributed by atoms with Gasteiger partial charge in [-0.2, -0.15) is 13.2 Å². The molecule has 1 fully saturated rings. The van der Waals surface area contributed by atoms with E-state index in [9.17, 15) is 18.0 Å². The molecule has 2 aromatic rings. The topological polar surface area (TPSA) is 26.3 Å². The van der Waals surface area contributed by atoms with Crippen molar-refractivity contribution in [2.45, 2.75) is 44.2 Å². The highest BCUT2D eigenvalue weighted by Gasteiger charge is 2.38. The molecule has 1 aromatic carbocycles. The van der Waals surface area contributed by atoms with Crippen LogP contribution in [0, 0.1) is 17.8 Å². The third-order valence-corrected chi connectivity index (χ3v) is 7.60. The van der Waals surface area contributed by atoms with Crippen LogP contribution in [0.4, 0.5) is 13.2 Å². The predicted octanol–water partition coefficient (Wildman–Crippen LogP) is 7.62. The quantitative estimate of drug-likeness (QED) is 0.230. The number of benzene rings is 1. The molecule has 1 heterocycles. The summed E-state index contributed by atoms with van der Waals surface area (Å²) >= 11 is 8.09. The Morgan fingerprint density at radius 2 is 2.09 bits per heavy atom. The van der Waals surface area contributed by atoms with Crippen LogP contribution in [0.25, 0.3) is 6.08 Å². The van der Waals surface area contributed by atoms with E-state index in [-0.39, 0.29) is 23.2 Å². The average Bonchev–Trinajstić information content (AvgIpc) is 3.32. The molecule has 32 heavy (non-hydrogen) atoms. The molecule has 0 unspecified atom stereocenters. The molecule has 2 nitrogen and oxygen atoms in total. The van der Waals surface area contributed by atoms with E-state index >= 15 is 0 Å². The summed E-state index contributed by atoms with van der Waals surface area (Å²) in [5.41, 5.74) is 2.92. The van der Waals surface area contributed by atoms with Crippen molar-refractivity contribution in [2.24, 2.45) is 17.8 Å². The van der Waals surface area contributed by atoms with E-state index in [0.717, 1.165) is 42.7 Å². The minimum atomic E-state index is -4.36. The van der Waals surface area contributed by atoms with Gasteiger partial charge in [-0.05, 0) is 85.4 Å². The number of ether oxygens (including phenoxy) is 1. The van der Waals surface area contributed by atoms with Gasteiger partial charge in [0, 0.05) is 10.3 Å². The molecular weight excluding hydrogens is 457 g/mol. The molecule has 0 saturated heterocycles. The number of thiophene rings is 1. The summed E-state index contributed by atoms with van der Waals surface area (Å²) in [7, 11) is 1.37. The van der Waals surface area contributed by atoms with E-state index in [0.29, 0.717) is 16.4 Å². The summed E-state index contributed by atoms with van der Waals surface area (Å²) in [6.45, 7) is 2.16. The summed E-state index contributed by atoms with van der Waals surface area (Å²) in [4.78, 5) is 13.3. The molecule has 0 amide bonds. The summed E-state index contributed by atoms with van der Waals surface area (Å²) in [5, 5.41) is 0.0653. The number of carbonyl (C=O) groups excluding carboxylic acids is 1.